The molecule has 110 valence electrons. The first-order valence-electron chi connectivity index (χ1n) is 7.21. The van der Waals surface area contributed by atoms with Crippen molar-refractivity contribution in [2.75, 3.05) is 13.2 Å². The number of ether oxygens (including phenoxy) is 3. The van der Waals surface area contributed by atoms with Crippen LogP contribution in [-0.4, -0.2) is 18.8 Å². The maximum absolute atomic E-state index is 5.99. The van der Waals surface area contributed by atoms with Gasteiger partial charge in [-0.25, -0.2) is 0 Å². The van der Waals surface area contributed by atoms with Gasteiger partial charge in [0.15, 0.2) is 6.29 Å². The third kappa shape index (κ3) is 3.70. The summed E-state index contributed by atoms with van der Waals surface area (Å²) in [6, 6.07) is 20.1. The van der Waals surface area contributed by atoms with Gasteiger partial charge in [0.2, 0.25) is 0 Å². The Hall–Kier alpha value is -1.68. The maximum Gasteiger partial charge on any atom is 0.184 e. The van der Waals surface area contributed by atoms with E-state index in [1.807, 2.05) is 55.5 Å². The van der Waals surface area contributed by atoms with Gasteiger partial charge in [-0.1, -0.05) is 60.7 Å². The predicted octanol–water partition coefficient (Wildman–Crippen LogP) is 3.71. The first-order chi connectivity index (χ1) is 10.3. The number of hydrogen-bond donors (Lipinski definition) is 0. The molecule has 0 bridgehead atoms. The van der Waals surface area contributed by atoms with Gasteiger partial charge in [0.1, 0.15) is 5.60 Å². The Morgan fingerprint density at radius 2 is 1.52 bits per heavy atom. The fourth-order valence-corrected chi connectivity index (χ4v) is 2.31. The van der Waals surface area contributed by atoms with E-state index in [0.29, 0.717) is 19.8 Å². The molecular weight excluding hydrogens is 264 g/mol. The lowest BCUT2D eigenvalue weighted by molar-refractivity contribution is -0.267. The zero-order chi connectivity index (χ0) is 14.5. The molecule has 1 heterocycles. The Kier molecular flexibility index (Phi) is 4.34. The summed E-state index contributed by atoms with van der Waals surface area (Å²) < 4.78 is 17.6. The maximum atomic E-state index is 5.99. The second-order valence-electron chi connectivity index (χ2n) is 5.59. The second kappa shape index (κ2) is 6.39. The summed E-state index contributed by atoms with van der Waals surface area (Å²) in [5.74, 6) is 0. The van der Waals surface area contributed by atoms with Crippen LogP contribution in [0.25, 0.3) is 0 Å². The van der Waals surface area contributed by atoms with Crippen LogP contribution < -0.4 is 0 Å². The summed E-state index contributed by atoms with van der Waals surface area (Å²) >= 11 is 0. The highest BCUT2D eigenvalue weighted by Crippen LogP contribution is 2.29. The van der Waals surface area contributed by atoms with Crippen LogP contribution in [0.2, 0.25) is 0 Å². The van der Waals surface area contributed by atoms with E-state index in [0.717, 1.165) is 11.1 Å². The standard InChI is InChI=1S/C18H20O3/c1-18(21-12-15-8-4-2-5-9-15)13-19-17(20-14-18)16-10-6-3-7-11-16/h2-11,17H,12-14H2,1H3/t17-,18-. The van der Waals surface area contributed by atoms with Gasteiger partial charge >= 0.3 is 0 Å². The zero-order valence-corrected chi connectivity index (χ0v) is 12.2. The molecule has 0 atom stereocenters. The lowest BCUT2D eigenvalue weighted by atomic mass is 10.1. The Morgan fingerprint density at radius 1 is 0.952 bits per heavy atom. The Labute approximate surface area is 125 Å². The number of rotatable bonds is 4. The molecule has 0 amide bonds. The summed E-state index contributed by atoms with van der Waals surface area (Å²) in [6.45, 7) is 3.65. The first-order valence-corrected chi connectivity index (χ1v) is 7.21. The molecule has 0 saturated carbocycles. The van der Waals surface area contributed by atoms with Crippen molar-refractivity contribution in [3.8, 4) is 0 Å². The van der Waals surface area contributed by atoms with E-state index in [1.165, 1.54) is 0 Å². The molecule has 0 aromatic heterocycles. The van der Waals surface area contributed by atoms with Crippen LogP contribution >= 0.6 is 0 Å². The van der Waals surface area contributed by atoms with Crippen LogP contribution in [-0.2, 0) is 20.8 Å². The van der Waals surface area contributed by atoms with Gasteiger partial charge in [-0.05, 0) is 12.5 Å². The lowest BCUT2D eigenvalue weighted by Gasteiger charge is -2.37. The van der Waals surface area contributed by atoms with E-state index >= 15 is 0 Å². The second-order valence-corrected chi connectivity index (χ2v) is 5.59. The van der Waals surface area contributed by atoms with Crippen LogP contribution in [0.3, 0.4) is 0 Å². The van der Waals surface area contributed by atoms with E-state index in [2.05, 4.69) is 12.1 Å². The zero-order valence-electron chi connectivity index (χ0n) is 12.2. The first kappa shape index (κ1) is 14.3. The molecule has 0 spiro atoms. The van der Waals surface area contributed by atoms with E-state index in [1.54, 1.807) is 0 Å². The van der Waals surface area contributed by atoms with Gasteiger partial charge in [-0.2, -0.15) is 0 Å². The monoisotopic (exact) mass is 284 g/mol. The smallest absolute Gasteiger partial charge is 0.184 e. The fraction of sp³-hybridized carbons (Fsp3) is 0.333. The number of benzene rings is 2. The highest BCUT2D eigenvalue weighted by atomic mass is 16.7. The third-order valence-electron chi connectivity index (χ3n) is 3.58. The summed E-state index contributed by atoms with van der Waals surface area (Å²) in [5.41, 5.74) is 1.80. The summed E-state index contributed by atoms with van der Waals surface area (Å²) in [4.78, 5) is 0. The minimum atomic E-state index is -0.402. The Morgan fingerprint density at radius 3 is 2.14 bits per heavy atom. The summed E-state index contributed by atoms with van der Waals surface area (Å²) in [7, 11) is 0. The molecule has 0 unspecified atom stereocenters. The lowest BCUT2D eigenvalue weighted by Crippen LogP contribution is -2.44. The molecule has 0 radical (unpaired) electrons. The van der Waals surface area contributed by atoms with Gasteiger partial charge < -0.3 is 14.2 Å². The van der Waals surface area contributed by atoms with Crippen molar-refractivity contribution in [2.24, 2.45) is 0 Å². The van der Waals surface area contributed by atoms with Gasteiger partial charge in [0.25, 0.3) is 0 Å². The van der Waals surface area contributed by atoms with Gasteiger partial charge in [-0.15, -0.1) is 0 Å². The van der Waals surface area contributed by atoms with Crippen LogP contribution in [0.4, 0.5) is 0 Å². The minimum Gasteiger partial charge on any atom is -0.366 e. The van der Waals surface area contributed by atoms with Gasteiger partial charge in [0, 0.05) is 5.56 Å². The topological polar surface area (TPSA) is 27.7 Å². The van der Waals surface area contributed by atoms with Crippen LogP contribution in [0, 0.1) is 0 Å². The van der Waals surface area contributed by atoms with E-state index < -0.39 is 5.60 Å². The van der Waals surface area contributed by atoms with Crippen LogP contribution in [0.15, 0.2) is 60.7 Å². The predicted molar refractivity (Wildman–Crippen MR) is 80.7 cm³/mol. The Bertz CT molecular complexity index is 545. The average molecular weight is 284 g/mol. The van der Waals surface area contributed by atoms with E-state index in [9.17, 15) is 0 Å². The molecule has 1 fully saturated rings. The van der Waals surface area contributed by atoms with Crippen LogP contribution in [0.1, 0.15) is 24.3 Å². The molecule has 2 aromatic rings. The van der Waals surface area contributed by atoms with Crippen molar-refractivity contribution in [2.45, 2.75) is 25.4 Å². The Balaban J connectivity index is 1.54. The van der Waals surface area contributed by atoms with Gasteiger partial charge in [-0.3, -0.25) is 0 Å². The molecule has 21 heavy (non-hydrogen) atoms. The number of hydrogen-bond acceptors (Lipinski definition) is 3. The highest BCUT2D eigenvalue weighted by molar-refractivity contribution is 5.16. The molecule has 1 aliphatic heterocycles. The van der Waals surface area contributed by atoms with Crippen molar-refractivity contribution >= 4 is 0 Å². The molecule has 2 aromatic carbocycles. The molecule has 0 N–H and O–H groups in total. The molecule has 3 nitrogen and oxygen atoms in total. The van der Waals surface area contributed by atoms with Crippen molar-refractivity contribution in [1.82, 2.24) is 0 Å². The molecule has 1 aliphatic rings. The third-order valence-corrected chi connectivity index (χ3v) is 3.58. The van der Waals surface area contributed by atoms with E-state index in [-0.39, 0.29) is 6.29 Å². The largest absolute Gasteiger partial charge is 0.366 e. The van der Waals surface area contributed by atoms with Crippen molar-refractivity contribution in [3.63, 3.8) is 0 Å². The molecule has 1 saturated heterocycles. The quantitative estimate of drug-likeness (QED) is 0.856. The van der Waals surface area contributed by atoms with E-state index in [4.69, 9.17) is 14.2 Å². The molecule has 3 rings (SSSR count). The SMILES string of the molecule is C[C@]1(OCc2ccccc2)CO[C@H](c2ccccc2)OC1. The summed E-state index contributed by atoms with van der Waals surface area (Å²) in [6.07, 6.45) is -0.292. The molecule has 0 aliphatic carbocycles. The van der Waals surface area contributed by atoms with Crippen LogP contribution in [0.5, 0.6) is 0 Å². The molecule has 3 heteroatoms. The highest BCUT2D eigenvalue weighted by Gasteiger charge is 2.34. The fourth-order valence-electron chi connectivity index (χ4n) is 2.31. The summed E-state index contributed by atoms with van der Waals surface area (Å²) in [5, 5.41) is 0. The molecular formula is C18H20O3. The van der Waals surface area contributed by atoms with Gasteiger partial charge in [0.05, 0.1) is 19.8 Å². The normalized spacial score (nSPS) is 25.7. The minimum absolute atomic E-state index is 0.292. The average Bonchev–Trinajstić information content (AvgIpc) is 2.56. The van der Waals surface area contributed by atoms with Crippen molar-refractivity contribution < 1.29 is 14.2 Å². The van der Waals surface area contributed by atoms with Crippen molar-refractivity contribution in [1.29, 1.82) is 0 Å². The van der Waals surface area contributed by atoms with Crippen molar-refractivity contribution in [3.05, 3.63) is 71.8 Å².